The van der Waals surface area contributed by atoms with E-state index < -0.39 is 0 Å². The minimum atomic E-state index is 0.570. The van der Waals surface area contributed by atoms with Gasteiger partial charge in [-0.2, -0.15) is 0 Å². The van der Waals surface area contributed by atoms with E-state index in [1.807, 2.05) is 17.9 Å². The van der Waals surface area contributed by atoms with Gasteiger partial charge in [-0.05, 0) is 26.8 Å². The number of hydrogen-bond donors (Lipinski definition) is 1. The van der Waals surface area contributed by atoms with E-state index >= 15 is 0 Å². The first-order valence-electron chi connectivity index (χ1n) is 4.54. The summed E-state index contributed by atoms with van der Waals surface area (Å²) in [5.74, 6) is 0.570. The average molecular weight is 181 g/mol. The van der Waals surface area contributed by atoms with E-state index in [0.29, 0.717) is 5.96 Å². The highest BCUT2D eigenvalue weighted by Gasteiger charge is 2.00. The molecule has 0 saturated heterocycles. The zero-order valence-corrected chi connectivity index (χ0v) is 8.75. The Morgan fingerprint density at radius 1 is 1.46 bits per heavy atom. The van der Waals surface area contributed by atoms with Crippen molar-refractivity contribution in [1.82, 2.24) is 4.90 Å². The number of hydrogen-bond acceptors (Lipinski definition) is 1. The molecule has 0 saturated carbocycles. The van der Waals surface area contributed by atoms with Crippen LogP contribution in [0.15, 0.2) is 29.4 Å². The number of guanidine groups is 1. The Bertz CT molecular complexity index is 212. The SMILES string of the molecule is C=C/C=C(/C)N=C(N)N(CC)CC. The van der Waals surface area contributed by atoms with Crippen molar-refractivity contribution in [2.24, 2.45) is 10.7 Å². The summed E-state index contributed by atoms with van der Waals surface area (Å²) in [5.41, 5.74) is 6.65. The zero-order chi connectivity index (χ0) is 10.3. The maximum atomic E-state index is 5.77. The van der Waals surface area contributed by atoms with Gasteiger partial charge in [-0.1, -0.05) is 12.7 Å². The highest BCUT2D eigenvalue weighted by atomic mass is 15.2. The second kappa shape index (κ2) is 6.29. The molecule has 0 aromatic carbocycles. The van der Waals surface area contributed by atoms with E-state index in [0.717, 1.165) is 18.8 Å². The molecule has 0 heterocycles. The van der Waals surface area contributed by atoms with Gasteiger partial charge in [0.15, 0.2) is 5.96 Å². The van der Waals surface area contributed by atoms with Crippen LogP contribution in [0.5, 0.6) is 0 Å². The first-order valence-corrected chi connectivity index (χ1v) is 4.54. The summed E-state index contributed by atoms with van der Waals surface area (Å²) in [6.07, 6.45) is 3.53. The van der Waals surface area contributed by atoms with Crippen LogP contribution in [0.2, 0.25) is 0 Å². The molecule has 0 radical (unpaired) electrons. The predicted octanol–water partition coefficient (Wildman–Crippen LogP) is 1.73. The van der Waals surface area contributed by atoms with Gasteiger partial charge in [0.2, 0.25) is 0 Å². The summed E-state index contributed by atoms with van der Waals surface area (Å²) in [7, 11) is 0. The second-order valence-electron chi connectivity index (χ2n) is 2.69. The topological polar surface area (TPSA) is 41.6 Å². The molecule has 0 fully saturated rings. The molecule has 0 amide bonds. The van der Waals surface area contributed by atoms with E-state index in [-0.39, 0.29) is 0 Å². The van der Waals surface area contributed by atoms with Gasteiger partial charge < -0.3 is 10.6 Å². The number of nitrogens with two attached hydrogens (primary N) is 1. The van der Waals surface area contributed by atoms with Gasteiger partial charge in [-0.15, -0.1) is 0 Å². The minimum Gasteiger partial charge on any atom is -0.369 e. The Labute approximate surface area is 80.6 Å². The lowest BCUT2D eigenvalue weighted by Crippen LogP contribution is -2.36. The Morgan fingerprint density at radius 3 is 2.38 bits per heavy atom. The van der Waals surface area contributed by atoms with E-state index in [9.17, 15) is 0 Å². The maximum Gasteiger partial charge on any atom is 0.196 e. The lowest BCUT2D eigenvalue weighted by molar-refractivity contribution is 0.460. The molecule has 0 aromatic heterocycles. The van der Waals surface area contributed by atoms with Crippen molar-refractivity contribution in [2.75, 3.05) is 13.1 Å². The van der Waals surface area contributed by atoms with Gasteiger partial charge in [-0.25, -0.2) is 4.99 Å². The Hall–Kier alpha value is -1.25. The molecule has 0 rings (SSSR count). The minimum absolute atomic E-state index is 0.570. The molecule has 0 unspecified atom stereocenters. The quantitative estimate of drug-likeness (QED) is 0.408. The van der Waals surface area contributed by atoms with Crippen molar-refractivity contribution in [3.8, 4) is 0 Å². The molecule has 0 atom stereocenters. The molecule has 0 aliphatic heterocycles. The molecule has 0 aromatic rings. The van der Waals surface area contributed by atoms with Crippen molar-refractivity contribution in [3.05, 3.63) is 24.4 Å². The number of allylic oxidation sites excluding steroid dienone is 3. The van der Waals surface area contributed by atoms with E-state index in [2.05, 4.69) is 25.4 Å². The smallest absolute Gasteiger partial charge is 0.196 e. The molecular formula is C10H19N3. The highest BCUT2D eigenvalue weighted by Crippen LogP contribution is 1.96. The lowest BCUT2D eigenvalue weighted by atomic mass is 10.4. The fourth-order valence-electron chi connectivity index (χ4n) is 1.01. The van der Waals surface area contributed by atoms with Crippen LogP contribution in [0, 0.1) is 0 Å². The van der Waals surface area contributed by atoms with E-state index in [1.165, 1.54) is 0 Å². The van der Waals surface area contributed by atoms with E-state index in [4.69, 9.17) is 5.73 Å². The predicted molar refractivity (Wildman–Crippen MR) is 58.5 cm³/mol. The molecule has 3 heteroatoms. The van der Waals surface area contributed by atoms with Gasteiger partial charge in [-0.3, -0.25) is 0 Å². The third kappa shape index (κ3) is 4.35. The summed E-state index contributed by atoms with van der Waals surface area (Å²) < 4.78 is 0. The third-order valence-corrected chi connectivity index (χ3v) is 1.74. The van der Waals surface area contributed by atoms with Crippen LogP contribution in [0.1, 0.15) is 20.8 Å². The van der Waals surface area contributed by atoms with Crippen LogP contribution in [0.25, 0.3) is 0 Å². The number of nitrogens with zero attached hydrogens (tertiary/aromatic N) is 2. The summed E-state index contributed by atoms with van der Waals surface area (Å²) in [5, 5.41) is 0. The zero-order valence-electron chi connectivity index (χ0n) is 8.75. The van der Waals surface area contributed by atoms with Crippen molar-refractivity contribution in [2.45, 2.75) is 20.8 Å². The second-order valence-corrected chi connectivity index (χ2v) is 2.69. The molecule has 0 aliphatic carbocycles. The summed E-state index contributed by atoms with van der Waals surface area (Å²) in [6.45, 7) is 11.4. The molecular weight excluding hydrogens is 162 g/mol. The molecule has 3 nitrogen and oxygen atoms in total. The van der Waals surface area contributed by atoms with E-state index in [1.54, 1.807) is 6.08 Å². The fraction of sp³-hybridized carbons (Fsp3) is 0.500. The van der Waals surface area contributed by atoms with Crippen LogP contribution < -0.4 is 5.73 Å². The van der Waals surface area contributed by atoms with Crippen molar-refractivity contribution >= 4 is 5.96 Å². The first kappa shape index (κ1) is 11.8. The van der Waals surface area contributed by atoms with Gasteiger partial charge >= 0.3 is 0 Å². The van der Waals surface area contributed by atoms with Crippen LogP contribution in [-0.4, -0.2) is 23.9 Å². The maximum absolute atomic E-state index is 5.77. The summed E-state index contributed by atoms with van der Waals surface area (Å²) >= 11 is 0. The molecule has 2 N–H and O–H groups in total. The molecule has 74 valence electrons. The Morgan fingerprint density at radius 2 is 2.00 bits per heavy atom. The Balaban J connectivity index is 4.45. The van der Waals surface area contributed by atoms with Crippen molar-refractivity contribution in [3.63, 3.8) is 0 Å². The molecule has 0 spiro atoms. The third-order valence-electron chi connectivity index (χ3n) is 1.74. The molecule has 0 bridgehead atoms. The average Bonchev–Trinajstić information content (AvgIpc) is 2.06. The van der Waals surface area contributed by atoms with Gasteiger partial charge in [0.25, 0.3) is 0 Å². The lowest BCUT2D eigenvalue weighted by Gasteiger charge is -2.19. The number of rotatable bonds is 4. The highest BCUT2D eigenvalue weighted by molar-refractivity contribution is 5.79. The number of aliphatic imine (C=N–C) groups is 1. The largest absolute Gasteiger partial charge is 0.369 e. The van der Waals surface area contributed by atoms with Crippen LogP contribution in [0.3, 0.4) is 0 Å². The van der Waals surface area contributed by atoms with Gasteiger partial charge in [0.05, 0.1) is 0 Å². The molecule has 13 heavy (non-hydrogen) atoms. The summed E-state index contributed by atoms with van der Waals surface area (Å²) in [4.78, 5) is 6.22. The monoisotopic (exact) mass is 181 g/mol. The fourth-order valence-corrected chi connectivity index (χ4v) is 1.01. The van der Waals surface area contributed by atoms with Crippen LogP contribution >= 0.6 is 0 Å². The van der Waals surface area contributed by atoms with Gasteiger partial charge in [0.1, 0.15) is 0 Å². The normalized spacial score (nSPS) is 12.8. The summed E-state index contributed by atoms with van der Waals surface area (Å²) in [6, 6.07) is 0. The van der Waals surface area contributed by atoms with Crippen molar-refractivity contribution < 1.29 is 0 Å². The van der Waals surface area contributed by atoms with Gasteiger partial charge in [0, 0.05) is 18.8 Å². The van der Waals surface area contributed by atoms with Crippen molar-refractivity contribution in [1.29, 1.82) is 0 Å². The van der Waals surface area contributed by atoms with Crippen LogP contribution in [0.4, 0.5) is 0 Å². The first-order chi connectivity index (χ1) is 6.15. The molecule has 0 aliphatic rings. The Kier molecular flexibility index (Phi) is 5.68. The standard InChI is InChI=1S/C10H19N3/c1-5-8-9(4)12-10(11)13(6-2)7-3/h5,8H,1,6-7H2,2-4H3,(H2,11,12)/b9-8-. The van der Waals surface area contributed by atoms with Crippen LogP contribution in [-0.2, 0) is 0 Å².